The van der Waals surface area contributed by atoms with Gasteiger partial charge in [0.1, 0.15) is 17.1 Å². The Morgan fingerprint density at radius 2 is 1.78 bits per heavy atom. The number of carbonyl (C=O) groups excluding carboxylic acids is 2. The Balaban J connectivity index is 1.21. The molecule has 2 aromatic heterocycles. The van der Waals surface area contributed by atoms with E-state index in [4.69, 9.17) is 14.1 Å². The van der Waals surface area contributed by atoms with Crippen molar-refractivity contribution in [3.8, 4) is 5.75 Å². The van der Waals surface area contributed by atoms with Crippen LogP contribution in [0.25, 0.3) is 10.9 Å². The molecule has 1 fully saturated rings. The maximum Gasteiger partial charge on any atom is 0.289 e. The molecule has 2 aromatic carbocycles. The van der Waals surface area contributed by atoms with E-state index in [0.29, 0.717) is 49.8 Å². The minimum atomic E-state index is -0.193. The lowest BCUT2D eigenvalue weighted by Gasteiger charge is -2.35. The number of furan rings is 1. The third kappa shape index (κ3) is 5.33. The molecule has 1 saturated heterocycles. The van der Waals surface area contributed by atoms with Crippen LogP contribution in [-0.2, 0) is 11.3 Å². The van der Waals surface area contributed by atoms with Gasteiger partial charge in [-0.15, -0.1) is 0 Å². The van der Waals surface area contributed by atoms with Crippen LogP contribution in [0.5, 0.6) is 5.75 Å². The number of nitrogens with zero attached hydrogens (tertiary/aromatic N) is 3. The van der Waals surface area contributed by atoms with Gasteiger partial charge in [-0.2, -0.15) is 0 Å². The molecule has 4 aromatic rings. The summed E-state index contributed by atoms with van der Waals surface area (Å²) < 4.78 is 11.1. The highest BCUT2D eigenvalue weighted by Gasteiger charge is 2.24. The molecule has 36 heavy (non-hydrogen) atoms. The fourth-order valence-corrected chi connectivity index (χ4v) is 4.20. The van der Waals surface area contributed by atoms with E-state index in [1.54, 1.807) is 17.0 Å². The first-order chi connectivity index (χ1) is 17.6. The molecule has 1 N–H and O–H groups in total. The zero-order valence-electron chi connectivity index (χ0n) is 20.1. The molecular formula is C28H28N4O4. The number of aromatic nitrogens is 1. The number of fused-ring (bicyclic) bond motifs is 1. The van der Waals surface area contributed by atoms with Crippen molar-refractivity contribution in [2.24, 2.45) is 0 Å². The van der Waals surface area contributed by atoms with Gasteiger partial charge in [0.25, 0.3) is 11.8 Å². The zero-order valence-corrected chi connectivity index (χ0v) is 20.1. The van der Waals surface area contributed by atoms with Gasteiger partial charge < -0.3 is 24.3 Å². The normalized spacial score (nSPS) is 13.6. The molecule has 8 nitrogen and oxygen atoms in total. The van der Waals surface area contributed by atoms with Crippen LogP contribution in [0, 0.1) is 6.92 Å². The van der Waals surface area contributed by atoms with Crippen molar-refractivity contribution in [3.63, 3.8) is 0 Å². The second-order valence-corrected chi connectivity index (χ2v) is 8.80. The standard InChI is InChI=1S/C28H28N4O4/c1-20-7-9-21(10-8-20)18-29-26(33)19-36-23-5-2-4-22-11-12-25(30-27(22)23)31-13-15-32(16-14-31)28(34)24-6-3-17-35-24/h2-12,17H,13-16,18-19H2,1H3,(H,29,33). The highest BCUT2D eigenvalue weighted by atomic mass is 16.5. The Bertz CT molecular complexity index is 1340. The summed E-state index contributed by atoms with van der Waals surface area (Å²) in [5.41, 5.74) is 2.92. The van der Waals surface area contributed by atoms with Crippen molar-refractivity contribution >= 4 is 28.5 Å². The summed E-state index contributed by atoms with van der Waals surface area (Å²) in [5.74, 6) is 1.44. The number of rotatable bonds is 7. The molecule has 5 rings (SSSR count). The van der Waals surface area contributed by atoms with Crippen LogP contribution in [0.3, 0.4) is 0 Å². The monoisotopic (exact) mass is 484 g/mol. The molecule has 1 aliphatic heterocycles. The number of benzene rings is 2. The van der Waals surface area contributed by atoms with E-state index in [-0.39, 0.29) is 18.4 Å². The van der Waals surface area contributed by atoms with Gasteiger partial charge in [0.15, 0.2) is 12.4 Å². The SMILES string of the molecule is Cc1ccc(CNC(=O)COc2cccc3ccc(N4CCN(C(=O)c5ccco5)CC4)nc23)cc1. The number of piperazine rings is 1. The lowest BCUT2D eigenvalue weighted by Crippen LogP contribution is -2.49. The second-order valence-electron chi connectivity index (χ2n) is 8.80. The number of hydrogen-bond acceptors (Lipinski definition) is 6. The number of hydrogen-bond donors (Lipinski definition) is 1. The van der Waals surface area contributed by atoms with Crippen LogP contribution >= 0.6 is 0 Å². The molecule has 0 spiro atoms. The molecule has 2 amide bonds. The van der Waals surface area contributed by atoms with E-state index in [1.165, 1.54) is 11.8 Å². The number of aryl methyl sites for hydroxylation is 1. The van der Waals surface area contributed by atoms with E-state index < -0.39 is 0 Å². The van der Waals surface area contributed by atoms with Crippen molar-refractivity contribution in [1.29, 1.82) is 0 Å². The van der Waals surface area contributed by atoms with Gasteiger partial charge in [0, 0.05) is 38.1 Å². The molecule has 1 aliphatic rings. The van der Waals surface area contributed by atoms with Crippen LogP contribution < -0.4 is 15.0 Å². The number of amides is 2. The fraction of sp³-hybridized carbons (Fsp3) is 0.250. The molecule has 0 radical (unpaired) electrons. The Hall–Kier alpha value is -4.33. The summed E-state index contributed by atoms with van der Waals surface area (Å²) in [7, 11) is 0. The predicted octanol–water partition coefficient (Wildman–Crippen LogP) is 3.79. The largest absolute Gasteiger partial charge is 0.481 e. The van der Waals surface area contributed by atoms with Crippen molar-refractivity contribution in [1.82, 2.24) is 15.2 Å². The lowest BCUT2D eigenvalue weighted by atomic mass is 10.1. The first kappa shape index (κ1) is 23.4. The van der Waals surface area contributed by atoms with Gasteiger partial charge in [-0.05, 0) is 42.8 Å². The molecule has 184 valence electrons. The third-order valence-corrected chi connectivity index (χ3v) is 6.26. The Morgan fingerprint density at radius 3 is 2.53 bits per heavy atom. The number of pyridine rings is 1. The van der Waals surface area contributed by atoms with Gasteiger partial charge in [-0.3, -0.25) is 9.59 Å². The Morgan fingerprint density at radius 1 is 0.972 bits per heavy atom. The first-order valence-corrected chi connectivity index (χ1v) is 12.0. The van der Waals surface area contributed by atoms with Crippen LogP contribution in [0.15, 0.2) is 77.4 Å². The van der Waals surface area contributed by atoms with Crippen LogP contribution in [0.4, 0.5) is 5.82 Å². The Kier molecular flexibility index (Phi) is 6.84. The van der Waals surface area contributed by atoms with E-state index in [2.05, 4.69) is 10.2 Å². The van der Waals surface area contributed by atoms with Crippen molar-refractivity contribution in [2.75, 3.05) is 37.7 Å². The molecule has 0 bridgehead atoms. The maximum absolute atomic E-state index is 12.5. The second kappa shape index (κ2) is 10.5. The summed E-state index contributed by atoms with van der Waals surface area (Å²) in [6.07, 6.45) is 1.51. The minimum absolute atomic E-state index is 0.0928. The van der Waals surface area contributed by atoms with E-state index >= 15 is 0 Å². The van der Waals surface area contributed by atoms with Gasteiger partial charge in [-0.1, -0.05) is 42.0 Å². The third-order valence-electron chi connectivity index (χ3n) is 6.26. The fourth-order valence-electron chi connectivity index (χ4n) is 4.20. The van der Waals surface area contributed by atoms with Gasteiger partial charge in [0.2, 0.25) is 0 Å². The predicted molar refractivity (Wildman–Crippen MR) is 137 cm³/mol. The highest BCUT2D eigenvalue weighted by Crippen LogP contribution is 2.27. The molecule has 3 heterocycles. The average Bonchev–Trinajstić information content (AvgIpc) is 3.46. The van der Waals surface area contributed by atoms with Crippen LogP contribution in [0.1, 0.15) is 21.7 Å². The average molecular weight is 485 g/mol. The van der Waals surface area contributed by atoms with E-state index in [9.17, 15) is 9.59 Å². The van der Waals surface area contributed by atoms with Gasteiger partial charge in [-0.25, -0.2) is 4.98 Å². The molecule has 8 heteroatoms. The summed E-state index contributed by atoms with van der Waals surface area (Å²) in [6, 6.07) is 21.1. The number of nitrogens with one attached hydrogen (secondary N) is 1. The Labute approximate surface area is 209 Å². The molecule has 0 unspecified atom stereocenters. The maximum atomic E-state index is 12.5. The van der Waals surface area contributed by atoms with Crippen molar-refractivity contribution in [2.45, 2.75) is 13.5 Å². The smallest absolute Gasteiger partial charge is 0.289 e. The molecule has 0 aliphatic carbocycles. The number of ether oxygens (including phenoxy) is 1. The minimum Gasteiger partial charge on any atom is -0.481 e. The van der Waals surface area contributed by atoms with Crippen molar-refractivity contribution in [3.05, 3.63) is 89.9 Å². The summed E-state index contributed by atoms with van der Waals surface area (Å²) in [5, 5.41) is 3.82. The summed E-state index contributed by atoms with van der Waals surface area (Å²) in [6.45, 7) is 4.88. The van der Waals surface area contributed by atoms with E-state index in [0.717, 1.165) is 16.8 Å². The molecule has 0 atom stereocenters. The van der Waals surface area contributed by atoms with Gasteiger partial charge in [0.05, 0.1) is 6.26 Å². The number of carbonyl (C=O) groups is 2. The summed E-state index contributed by atoms with van der Waals surface area (Å²) in [4.78, 5) is 33.7. The number of para-hydroxylation sites is 1. The van der Waals surface area contributed by atoms with Crippen LogP contribution in [0.2, 0.25) is 0 Å². The van der Waals surface area contributed by atoms with Gasteiger partial charge >= 0.3 is 0 Å². The number of anilines is 1. The van der Waals surface area contributed by atoms with E-state index in [1.807, 2.05) is 61.5 Å². The van der Waals surface area contributed by atoms with Crippen LogP contribution in [-0.4, -0.2) is 54.5 Å². The first-order valence-electron chi connectivity index (χ1n) is 12.0. The molecular weight excluding hydrogens is 456 g/mol. The molecule has 0 saturated carbocycles. The highest BCUT2D eigenvalue weighted by molar-refractivity contribution is 5.91. The quantitative estimate of drug-likeness (QED) is 0.429. The summed E-state index contributed by atoms with van der Waals surface area (Å²) >= 11 is 0. The zero-order chi connectivity index (χ0) is 24.9. The van der Waals surface area contributed by atoms with Crippen molar-refractivity contribution < 1.29 is 18.7 Å². The lowest BCUT2D eigenvalue weighted by molar-refractivity contribution is -0.123. The topological polar surface area (TPSA) is 87.9 Å².